The molecule has 0 bridgehead atoms. The first-order valence-electron chi connectivity index (χ1n) is 7.11. The monoisotopic (exact) mass is 281 g/mol. The van der Waals surface area contributed by atoms with Gasteiger partial charge in [0, 0.05) is 25.3 Å². The molecule has 1 aromatic heterocycles. The van der Waals surface area contributed by atoms with Gasteiger partial charge in [0.05, 0.1) is 5.02 Å². The number of H-pyrrole nitrogens is 1. The molecule has 2 aliphatic heterocycles. The first-order valence-corrected chi connectivity index (χ1v) is 7.49. The van der Waals surface area contributed by atoms with E-state index >= 15 is 0 Å². The largest absolute Gasteiger partial charge is 0.356 e. The maximum atomic E-state index is 12.5. The van der Waals surface area contributed by atoms with Crippen molar-refractivity contribution in [1.29, 1.82) is 0 Å². The topological polar surface area (TPSA) is 39.3 Å². The second-order valence-corrected chi connectivity index (χ2v) is 5.97. The minimum absolute atomic E-state index is 0.0913. The fourth-order valence-corrected chi connectivity index (χ4v) is 3.37. The maximum Gasteiger partial charge on any atom is 0.270 e. The van der Waals surface area contributed by atoms with E-state index in [2.05, 4.69) is 9.88 Å². The summed E-state index contributed by atoms with van der Waals surface area (Å²) in [6.45, 7) is 4.27. The molecule has 1 amide bonds. The Morgan fingerprint density at radius 3 is 2.79 bits per heavy atom. The summed E-state index contributed by atoms with van der Waals surface area (Å²) in [5, 5.41) is 0.596. The minimum Gasteiger partial charge on any atom is -0.356 e. The number of rotatable bonds is 3. The van der Waals surface area contributed by atoms with Gasteiger partial charge in [0.1, 0.15) is 5.69 Å². The van der Waals surface area contributed by atoms with Gasteiger partial charge in [0.2, 0.25) is 0 Å². The molecule has 3 rings (SSSR count). The zero-order valence-corrected chi connectivity index (χ0v) is 11.8. The Bertz CT molecular complexity index is 453. The van der Waals surface area contributed by atoms with Crippen LogP contribution in [0.25, 0.3) is 0 Å². The third kappa shape index (κ3) is 2.79. The van der Waals surface area contributed by atoms with Crippen LogP contribution in [0.3, 0.4) is 0 Å². The summed E-state index contributed by atoms with van der Waals surface area (Å²) in [6, 6.07) is 2.09. The third-order valence-electron chi connectivity index (χ3n) is 4.18. The minimum atomic E-state index is 0.0913. The van der Waals surface area contributed by atoms with Crippen molar-refractivity contribution in [1.82, 2.24) is 14.8 Å². The van der Waals surface area contributed by atoms with Crippen molar-refractivity contribution < 1.29 is 4.79 Å². The van der Waals surface area contributed by atoms with E-state index in [9.17, 15) is 4.79 Å². The molecule has 0 aromatic carbocycles. The Morgan fingerprint density at radius 1 is 1.32 bits per heavy atom. The highest BCUT2D eigenvalue weighted by atomic mass is 35.5. The van der Waals surface area contributed by atoms with Crippen molar-refractivity contribution in [2.75, 3.05) is 26.2 Å². The number of aromatic nitrogens is 1. The van der Waals surface area contributed by atoms with E-state index < -0.39 is 0 Å². The van der Waals surface area contributed by atoms with Gasteiger partial charge >= 0.3 is 0 Å². The molecule has 1 N–H and O–H groups in total. The number of nitrogens with zero attached hydrogens (tertiary/aromatic N) is 2. The number of carbonyl (C=O) groups is 1. The molecule has 5 heteroatoms. The molecule has 1 aromatic rings. The highest BCUT2D eigenvalue weighted by molar-refractivity contribution is 6.30. The van der Waals surface area contributed by atoms with Gasteiger partial charge in [-0.05, 0) is 44.8 Å². The van der Waals surface area contributed by atoms with Crippen molar-refractivity contribution in [3.63, 3.8) is 0 Å². The number of nitrogens with one attached hydrogen (secondary N) is 1. The Hall–Kier alpha value is -1.00. The van der Waals surface area contributed by atoms with E-state index in [1.54, 1.807) is 12.3 Å². The predicted octanol–water partition coefficient (Wildman–Crippen LogP) is 2.37. The van der Waals surface area contributed by atoms with E-state index in [1.807, 2.05) is 4.90 Å². The van der Waals surface area contributed by atoms with E-state index in [1.165, 1.54) is 25.9 Å². The van der Waals surface area contributed by atoms with E-state index in [4.69, 9.17) is 11.6 Å². The first kappa shape index (κ1) is 13.0. The fourth-order valence-electron chi connectivity index (χ4n) is 3.20. The van der Waals surface area contributed by atoms with Gasteiger partial charge in [-0.2, -0.15) is 0 Å². The Labute approximate surface area is 118 Å². The normalized spacial score (nSPS) is 24.3. The molecule has 104 valence electrons. The van der Waals surface area contributed by atoms with Crippen LogP contribution in [0.5, 0.6) is 0 Å². The van der Waals surface area contributed by atoms with Gasteiger partial charge in [-0.3, -0.25) is 4.79 Å². The summed E-state index contributed by atoms with van der Waals surface area (Å²) in [4.78, 5) is 19.9. The number of carbonyl (C=O) groups excluding carboxylic acids is 1. The number of halogens is 1. The Kier molecular flexibility index (Phi) is 3.80. The zero-order valence-electron chi connectivity index (χ0n) is 11.1. The molecule has 0 spiro atoms. The van der Waals surface area contributed by atoms with Crippen LogP contribution < -0.4 is 0 Å². The van der Waals surface area contributed by atoms with Crippen molar-refractivity contribution in [3.05, 3.63) is 23.0 Å². The van der Waals surface area contributed by atoms with Crippen LogP contribution in [0.1, 0.15) is 36.2 Å². The molecular formula is C14H20ClN3O. The molecule has 2 saturated heterocycles. The van der Waals surface area contributed by atoms with Crippen molar-refractivity contribution in [2.45, 2.75) is 31.7 Å². The standard InChI is InChI=1S/C14H20ClN3O/c15-11-8-13(16-9-11)14(19)18-7-3-4-12(18)10-17-5-1-2-6-17/h8-9,12,16H,1-7,10H2. The van der Waals surface area contributed by atoms with Crippen LogP contribution in [0, 0.1) is 0 Å². The summed E-state index contributed by atoms with van der Waals surface area (Å²) in [7, 11) is 0. The van der Waals surface area contributed by atoms with Gasteiger partial charge in [-0.15, -0.1) is 0 Å². The highest BCUT2D eigenvalue weighted by Gasteiger charge is 2.31. The molecule has 4 nitrogen and oxygen atoms in total. The van der Waals surface area contributed by atoms with Crippen molar-refractivity contribution >= 4 is 17.5 Å². The van der Waals surface area contributed by atoms with E-state index in [0.717, 1.165) is 25.9 Å². The second-order valence-electron chi connectivity index (χ2n) is 5.53. The SMILES string of the molecule is O=C(c1cc(Cl)c[nH]1)N1CCCC1CN1CCCC1. The number of amides is 1. The summed E-state index contributed by atoms with van der Waals surface area (Å²) >= 11 is 5.87. The molecule has 0 saturated carbocycles. The Balaban J connectivity index is 1.66. The van der Waals surface area contributed by atoms with Gasteiger partial charge in [0.25, 0.3) is 5.91 Å². The summed E-state index contributed by atoms with van der Waals surface area (Å²) in [6.07, 6.45) is 6.50. The van der Waals surface area contributed by atoms with Crippen molar-refractivity contribution in [3.8, 4) is 0 Å². The number of likely N-dealkylation sites (tertiary alicyclic amines) is 2. The summed E-state index contributed by atoms with van der Waals surface area (Å²) in [5.74, 6) is 0.0913. The molecule has 1 unspecified atom stereocenters. The molecule has 0 radical (unpaired) electrons. The lowest BCUT2D eigenvalue weighted by molar-refractivity contribution is 0.0703. The van der Waals surface area contributed by atoms with Crippen LogP contribution in [0.4, 0.5) is 0 Å². The maximum absolute atomic E-state index is 12.5. The van der Waals surface area contributed by atoms with Crippen LogP contribution in [0.15, 0.2) is 12.3 Å². The van der Waals surface area contributed by atoms with Crippen molar-refractivity contribution in [2.24, 2.45) is 0 Å². The third-order valence-corrected chi connectivity index (χ3v) is 4.40. The van der Waals surface area contributed by atoms with Gasteiger partial charge < -0.3 is 14.8 Å². The smallest absolute Gasteiger partial charge is 0.270 e. The highest BCUT2D eigenvalue weighted by Crippen LogP contribution is 2.23. The lowest BCUT2D eigenvalue weighted by Crippen LogP contribution is -2.42. The molecular weight excluding hydrogens is 262 g/mol. The Morgan fingerprint density at radius 2 is 2.11 bits per heavy atom. The average Bonchev–Trinajstić information content (AvgIpc) is 3.10. The molecule has 2 fully saturated rings. The molecule has 1 atom stereocenters. The molecule has 3 heterocycles. The van der Waals surface area contributed by atoms with Crippen LogP contribution in [-0.4, -0.2) is 52.9 Å². The summed E-state index contributed by atoms with van der Waals surface area (Å²) < 4.78 is 0. The fraction of sp³-hybridized carbons (Fsp3) is 0.643. The van der Waals surface area contributed by atoms with Gasteiger partial charge in [0.15, 0.2) is 0 Å². The van der Waals surface area contributed by atoms with E-state index in [0.29, 0.717) is 16.8 Å². The van der Waals surface area contributed by atoms with Crippen LogP contribution in [-0.2, 0) is 0 Å². The van der Waals surface area contributed by atoms with Gasteiger partial charge in [-0.1, -0.05) is 11.6 Å². The quantitative estimate of drug-likeness (QED) is 0.924. The molecule has 2 aliphatic rings. The van der Waals surface area contributed by atoms with E-state index in [-0.39, 0.29) is 5.91 Å². The number of hydrogen-bond donors (Lipinski definition) is 1. The van der Waals surface area contributed by atoms with Crippen LogP contribution in [0.2, 0.25) is 5.02 Å². The average molecular weight is 282 g/mol. The van der Waals surface area contributed by atoms with Crippen LogP contribution >= 0.6 is 11.6 Å². The number of aromatic amines is 1. The lowest BCUT2D eigenvalue weighted by Gasteiger charge is -2.28. The summed E-state index contributed by atoms with van der Waals surface area (Å²) in [5.41, 5.74) is 0.610. The number of hydrogen-bond acceptors (Lipinski definition) is 2. The first-order chi connectivity index (χ1) is 9.24. The second kappa shape index (κ2) is 5.55. The molecule has 19 heavy (non-hydrogen) atoms. The predicted molar refractivity (Wildman–Crippen MR) is 75.5 cm³/mol. The van der Waals surface area contributed by atoms with Gasteiger partial charge in [-0.25, -0.2) is 0 Å². The zero-order chi connectivity index (χ0) is 13.2. The molecule has 0 aliphatic carbocycles. The lowest BCUT2D eigenvalue weighted by atomic mass is 10.2.